The van der Waals surface area contributed by atoms with E-state index in [9.17, 15) is 4.21 Å². The molecule has 0 spiro atoms. The van der Waals surface area contributed by atoms with Crippen molar-refractivity contribution in [2.24, 2.45) is 0 Å². The zero-order chi connectivity index (χ0) is 8.53. The van der Waals surface area contributed by atoms with Crippen molar-refractivity contribution in [2.75, 3.05) is 13.2 Å². The average Bonchev–Trinajstić information content (AvgIpc) is 2.01. The predicted octanol–water partition coefficient (Wildman–Crippen LogP) is 1.58. The van der Waals surface area contributed by atoms with Gasteiger partial charge in [0, 0.05) is 0 Å². The Bertz CT molecular complexity index is 125. The van der Waals surface area contributed by atoms with Gasteiger partial charge in [0.25, 0.3) is 0 Å². The summed E-state index contributed by atoms with van der Waals surface area (Å²) in [5, 5.41) is 0. The molecule has 0 aliphatic carbocycles. The number of unbranched alkanes of at least 4 members (excludes halogenated alkanes) is 1. The monoisotopic (exact) mass is 178 g/mol. The van der Waals surface area contributed by atoms with Gasteiger partial charge in [-0.3, -0.25) is 8.37 Å². The Morgan fingerprint density at radius 3 is 2.82 bits per heavy atom. The van der Waals surface area contributed by atoms with E-state index >= 15 is 0 Å². The van der Waals surface area contributed by atoms with Crippen LogP contribution in [0.5, 0.6) is 0 Å². The summed E-state index contributed by atoms with van der Waals surface area (Å²) in [5.41, 5.74) is 0. The van der Waals surface area contributed by atoms with Crippen molar-refractivity contribution >= 4 is 11.4 Å². The maximum absolute atomic E-state index is 10.7. The SMILES string of the molecule is C=CCOS(=O)OCCCC. The van der Waals surface area contributed by atoms with E-state index in [4.69, 9.17) is 4.18 Å². The van der Waals surface area contributed by atoms with Crippen LogP contribution in [0.15, 0.2) is 12.7 Å². The Balaban J connectivity index is 3.15. The molecule has 0 heterocycles. The molecule has 0 radical (unpaired) electrons. The molecule has 0 amide bonds. The quantitative estimate of drug-likeness (QED) is 0.438. The minimum absolute atomic E-state index is 0.263. The van der Waals surface area contributed by atoms with Crippen LogP contribution in [0, 0.1) is 0 Å². The van der Waals surface area contributed by atoms with Gasteiger partial charge < -0.3 is 0 Å². The topological polar surface area (TPSA) is 35.5 Å². The van der Waals surface area contributed by atoms with E-state index < -0.39 is 11.4 Å². The molecule has 0 bridgehead atoms. The Morgan fingerprint density at radius 2 is 2.27 bits per heavy atom. The third kappa shape index (κ3) is 7.71. The highest BCUT2D eigenvalue weighted by atomic mass is 32.2. The van der Waals surface area contributed by atoms with Crippen molar-refractivity contribution in [1.82, 2.24) is 0 Å². The Kier molecular flexibility index (Phi) is 7.78. The molecule has 0 aromatic carbocycles. The van der Waals surface area contributed by atoms with Gasteiger partial charge in [-0.2, -0.15) is 4.21 Å². The molecule has 3 nitrogen and oxygen atoms in total. The van der Waals surface area contributed by atoms with Crippen LogP contribution < -0.4 is 0 Å². The molecule has 0 saturated heterocycles. The van der Waals surface area contributed by atoms with E-state index in [1.165, 1.54) is 6.08 Å². The largest absolute Gasteiger partial charge is 0.304 e. The van der Waals surface area contributed by atoms with Crippen LogP contribution in [-0.4, -0.2) is 17.4 Å². The molecule has 0 aromatic rings. The fraction of sp³-hybridized carbons (Fsp3) is 0.714. The Hall–Kier alpha value is -0.190. The van der Waals surface area contributed by atoms with Crippen molar-refractivity contribution in [1.29, 1.82) is 0 Å². The van der Waals surface area contributed by atoms with Gasteiger partial charge in [0.1, 0.15) is 0 Å². The number of rotatable bonds is 7. The summed E-state index contributed by atoms with van der Waals surface area (Å²) in [6.07, 6.45) is 3.46. The molecule has 11 heavy (non-hydrogen) atoms. The maximum atomic E-state index is 10.7. The lowest BCUT2D eigenvalue weighted by Gasteiger charge is -1.99. The summed E-state index contributed by atoms with van der Waals surface area (Å²) in [4.78, 5) is 0. The zero-order valence-electron chi connectivity index (χ0n) is 6.75. The first kappa shape index (κ1) is 10.8. The van der Waals surface area contributed by atoms with Crippen LogP contribution in [0.3, 0.4) is 0 Å². The van der Waals surface area contributed by atoms with Gasteiger partial charge in [-0.05, 0) is 6.42 Å². The summed E-state index contributed by atoms with van der Waals surface area (Å²) >= 11 is -1.59. The van der Waals surface area contributed by atoms with Gasteiger partial charge in [-0.15, -0.1) is 6.58 Å². The highest BCUT2D eigenvalue weighted by Crippen LogP contribution is 1.93. The molecular weight excluding hydrogens is 164 g/mol. The van der Waals surface area contributed by atoms with E-state index in [1.54, 1.807) is 0 Å². The standard InChI is InChI=1S/C7H14O3S/c1-3-5-7-10-11(8)9-6-4-2/h4H,2-3,5-7H2,1H3. The Labute approximate surface area is 70.3 Å². The van der Waals surface area contributed by atoms with Crippen LogP contribution in [-0.2, 0) is 19.7 Å². The lowest BCUT2D eigenvalue weighted by Crippen LogP contribution is -2.03. The van der Waals surface area contributed by atoms with Crippen molar-refractivity contribution in [3.63, 3.8) is 0 Å². The zero-order valence-corrected chi connectivity index (χ0v) is 7.56. The summed E-state index contributed by atoms with van der Waals surface area (Å²) in [7, 11) is 0. The molecule has 0 aliphatic rings. The van der Waals surface area contributed by atoms with Gasteiger partial charge in [-0.25, -0.2) is 0 Å². The molecule has 0 rings (SSSR count). The summed E-state index contributed by atoms with van der Waals surface area (Å²) in [6.45, 7) is 6.20. The van der Waals surface area contributed by atoms with E-state index in [2.05, 4.69) is 10.8 Å². The predicted molar refractivity (Wildman–Crippen MR) is 45.2 cm³/mol. The first-order valence-corrected chi connectivity index (χ1v) is 4.60. The summed E-state index contributed by atoms with van der Waals surface area (Å²) in [5.74, 6) is 0. The molecule has 0 fully saturated rings. The molecule has 0 N–H and O–H groups in total. The number of hydrogen-bond acceptors (Lipinski definition) is 3. The van der Waals surface area contributed by atoms with Crippen molar-refractivity contribution in [3.05, 3.63) is 12.7 Å². The van der Waals surface area contributed by atoms with Crippen molar-refractivity contribution in [3.8, 4) is 0 Å². The summed E-state index contributed by atoms with van der Waals surface area (Å²) in [6, 6.07) is 0. The van der Waals surface area contributed by atoms with Crippen LogP contribution in [0.1, 0.15) is 19.8 Å². The van der Waals surface area contributed by atoms with Gasteiger partial charge in [-0.1, -0.05) is 19.4 Å². The normalized spacial score (nSPS) is 12.8. The lowest BCUT2D eigenvalue weighted by molar-refractivity contribution is 0.263. The molecule has 0 aromatic heterocycles. The fourth-order valence-corrected chi connectivity index (χ4v) is 0.938. The number of hydrogen-bond donors (Lipinski definition) is 0. The average molecular weight is 178 g/mol. The first-order valence-electron chi connectivity index (χ1n) is 3.60. The summed E-state index contributed by atoms with van der Waals surface area (Å²) < 4.78 is 20.2. The second kappa shape index (κ2) is 7.91. The highest BCUT2D eigenvalue weighted by Gasteiger charge is 1.97. The van der Waals surface area contributed by atoms with Crippen LogP contribution in [0.25, 0.3) is 0 Å². The molecule has 4 heteroatoms. The third-order valence-corrected chi connectivity index (χ3v) is 1.65. The molecule has 1 atom stereocenters. The van der Waals surface area contributed by atoms with Gasteiger partial charge in [0.2, 0.25) is 0 Å². The van der Waals surface area contributed by atoms with Gasteiger partial charge in [0.15, 0.2) is 0 Å². The van der Waals surface area contributed by atoms with E-state index in [1.807, 2.05) is 6.92 Å². The van der Waals surface area contributed by atoms with Crippen LogP contribution >= 0.6 is 0 Å². The van der Waals surface area contributed by atoms with E-state index in [-0.39, 0.29) is 6.61 Å². The lowest BCUT2D eigenvalue weighted by atomic mass is 10.4. The fourth-order valence-electron chi connectivity index (χ4n) is 0.409. The van der Waals surface area contributed by atoms with Gasteiger partial charge in [0.05, 0.1) is 13.2 Å². The second-order valence-corrected chi connectivity index (χ2v) is 2.83. The Morgan fingerprint density at radius 1 is 1.55 bits per heavy atom. The molecule has 0 saturated carbocycles. The highest BCUT2D eigenvalue weighted by molar-refractivity contribution is 7.75. The van der Waals surface area contributed by atoms with Crippen LogP contribution in [0.2, 0.25) is 0 Å². The minimum atomic E-state index is -1.59. The maximum Gasteiger partial charge on any atom is 0.304 e. The molecule has 1 unspecified atom stereocenters. The minimum Gasteiger partial charge on any atom is -0.268 e. The third-order valence-electron chi connectivity index (χ3n) is 0.960. The van der Waals surface area contributed by atoms with Crippen molar-refractivity contribution < 1.29 is 12.6 Å². The smallest absolute Gasteiger partial charge is 0.268 e. The second-order valence-electron chi connectivity index (χ2n) is 1.95. The first-order chi connectivity index (χ1) is 5.31. The van der Waals surface area contributed by atoms with Crippen LogP contribution in [0.4, 0.5) is 0 Å². The molecule has 0 aliphatic heterocycles. The molecular formula is C7H14O3S. The van der Waals surface area contributed by atoms with E-state index in [0.29, 0.717) is 6.61 Å². The molecule has 66 valence electrons. The van der Waals surface area contributed by atoms with Crippen molar-refractivity contribution in [2.45, 2.75) is 19.8 Å². The van der Waals surface area contributed by atoms with E-state index in [0.717, 1.165) is 12.8 Å². The van der Waals surface area contributed by atoms with Gasteiger partial charge >= 0.3 is 11.4 Å².